The van der Waals surface area contributed by atoms with Crippen LogP contribution in [0.15, 0.2) is 61.2 Å². The Bertz CT molecular complexity index is 2180. The maximum Gasteiger partial charge on any atom is 0.309 e. The molecule has 0 unspecified atom stereocenters. The van der Waals surface area contributed by atoms with Crippen molar-refractivity contribution in [3.05, 3.63) is 100 Å². The first-order valence-electron chi connectivity index (χ1n) is 16.7. The molecule has 0 aliphatic carbocycles. The van der Waals surface area contributed by atoms with E-state index in [1.165, 1.54) is 24.2 Å². The second kappa shape index (κ2) is 16.7. The number of halogens is 1. The van der Waals surface area contributed by atoms with Crippen LogP contribution in [0.25, 0.3) is 23.0 Å². The molecule has 17 heteroatoms. The zero-order chi connectivity index (χ0) is 37.3. The van der Waals surface area contributed by atoms with Gasteiger partial charge in [0.2, 0.25) is 11.8 Å². The minimum Gasteiger partial charge on any atom is -0.469 e. The fraction of sp³-hybridized carbons (Fsp3) is 0.278. The Kier molecular flexibility index (Phi) is 11.4. The number of aromatic amines is 1. The molecular formula is C36H35ClN12O4. The number of amides is 2. The average molecular weight is 735 g/mol. The largest absolute Gasteiger partial charge is 0.469 e. The van der Waals surface area contributed by atoms with Crippen molar-refractivity contribution in [3.63, 3.8) is 0 Å². The summed E-state index contributed by atoms with van der Waals surface area (Å²) in [5.41, 5.74) is 4.80. The summed E-state index contributed by atoms with van der Waals surface area (Å²) >= 11 is 6.25. The summed E-state index contributed by atoms with van der Waals surface area (Å²) in [5.74, 6) is -0.708. The van der Waals surface area contributed by atoms with Gasteiger partial charge >= 0.3 is 5.97 Å². The van der Waals surface area contributed by atoms with E-state index >= 15 is 0 Å². The topological polar surface area (TPSA) is 218 Å². The van der Waals surface area contributed by atoms with Crippen molar-refractivity contribution in [2.75, 3.05) is 12.4 Å². The van der Waals surface area contributed by atoms with E-state index in [4.69, 9.17) is 16.3 Å². The minimum absolute atomic E-state index is 0.00176. The van der Waals surface area contributed by atoms with Crippen molar-refractivity contribution >= 4 is 41.1 Å². The molecule has 1 aliphatic heterocycles. The van der Waals surface area contributed by atoms with Crippen LogP contribution in [0.1, 0.15) is 65.8 Å². The number of imidazole rings is 1. The molecule has 4 N–H and O–H groups in total. The number of hydrogen-bond acceptors (Lipinski definition) is 12. The van der Waals surface area contributed by atoms with E-state index in [-0.39, 0.29) is 24.6 Å². The van der Waals surface area contributed by atoms with Gasteiger partial charge in [-0.25, -0.2) is 4.98 Å². The summed E-state index contributed by atoms with van der Waals surface area (Å²) in [6.07, 6.45) is 9.79. The molecule has 0 fully saturated rings. The van der Waals surface area contributed by atoms with Gasteiger partial charge < -0.3 is 25.7 Å². The predicted molar refractivity (Wildman–Crippen MR) is 193 cm³/mol. The number of anilines is 1. The van der Waals surface area contributed by atoms with Gasteiger partial charge in [-0.3, -0.25) is 24.4 Å². The molecule has 6 rings (SSSR count). The highest BCUT2D eigenvalue weighted by atomic mass is 35.5. The first-order valence-corrected chi connectivity index (χ1v) is 17.1. The van der Waals surface area contributed by atoms with E-state index in [1.807, 2.05) is 6.92 Å². The lowest BCUT2D eigenvalue weighted by Gasteiger charge is -2.23. The van der Waals surface area contributed by atoms with Crippen molar-refractivity contribution in [2.24, 2.45) is 0 Å². The summed E-state index contributed by atoms with van der Waals surface area (Å²) < 4.78 is 6.34. The number of nitrogens with one attached hydrogen (secondary N) is 4. The molecule has 16 nitrogen and oxygen atoms in total. The summed E-state index contributed by atoms with van der Waals surface area (Å²) in [6.45, 7) is 2.01. The lowest BCUT2D eigenvalue weighted by Crippen LogP contribution is -2.39. The van der Waals surface area contributed by atoms with E-state index in [2.05, 4.69) is 57.5 Å². The van der Waals surface area contributed by atoms with Crippen LogP contribution in [-0.2, 0) is 32.1 Å². The maximum absolute atomic E-state index is 13.7. The number of nitrogens with zero attached hydrogens (tertiary/aromatic N) is 8. The molecule has 2 bridgehead atoms. The number of benzene rings is 2. The molecule has 5 aromatic rings. The van der Waals surface area contributed by atoms with Crippen LogP contribution in [0.5, 0.6) is 0 Å². The molecular weight excluding hydrogens is 700 g/mol. The number of carbonyl (C=O) groups is 3. The van der Waals surface area contributed by atoms with Gasteiger partial charge in [0.25, 0.3) is 0 Å². The van der Waals surface area contributed by atoms with Gasteiger partial charge in [-0.1, -0.05) is 36.6 Å². The number of methoxy groups -OCH3 is 1. The van der Waals surface area contributed by atoms with Crippen LogP contribution < -0.4 is 16.0 Å². The molecule has 1 aliphatic rings. The normalized spacial score (nSPS) is 15.6. The first kappa shape index (κ1) is 36.3. The standard InChI is InChI=1S/C36H35ClN12O4/c1-21-17-40-25(18-39-21)19-41-36(52)28-6-4-3-5-27(44-32(50)12-8-23-15-24(37)9-11-31(23)49-20-42-47-48-49)35-45-30(16-38)34(46-35)26-10-7-22(13-29(26)43-28)14-33(51)53-2/h7-13,15,17-18,20,27-28,43H,3-6,14,19H2,1-2H3,(H,41,52)(H,44,50)(H,45,46)/b12-8+/t27-,28+/m0/s1. The Morgan fingerprint density at radius 3 is 2.74 bits per heavy atom. The molecule has 0 radical (unpaired) electrons. The summed E-state index contributed by atoms with van der Waals surface area (Å²) in [7, 11) is 1.31. The zero-order valence-corrected chi connectivity index (χ0v) is 29.6. The van der Waals surface area contributed by atoms with E-state index in [0.29, 0.717) is 76.0 Å². The third-order valence-electron chi connectivity index (χ3n) is 8.56. The van der Waals surface area contributed by atoms with Crippen LogP contribution in [0.4, 0.5) is 5.69 Å². The number of rotatable bonds is 9. The molecule has 3 aromatic heterocycles. The number of fused-ring (bicyclic) bond motifs is 4. The number of aromatic nitrogens is 8. The molecule has 0 spiro atoms. The highest BCUT2D eigenvalue weighted by molar-refractivity contribution is 6.30. The third kappa shape index (κ3) is 9.07. The molecule has 4 heterocycles. The van der Waals surface area contributed by atoms with E-state index in [9.17, 15) is 19.6 Å². The van der Waals surface area contributed by atoms with Crippen molar-refractivity contribution in [3.8, 4) is 23.0 Å². The van der Waals surface area contributed by atoms with Crippen molar-refractivity contribution < 1.29 is 19.1 Å². The Balaban J connectivity index is 1.30. The molecule has 0 saturated heterocycles. The Morgan fingerprint density at radius 2 is 1.98 bits per heavy atom. The van der Waals surface area contributed by atoms with Crippen LogP contribution in [0, 0.1) is 18.3 Å². The Hall–Kier alpha value is -6.47. The fourth-order valence-electron chi connectivity index (χ4n) is 5.88. The molecule has 2 amide bonds. The van der Waals surface area contributed by atoms with Gasteiger partial charge in [-0.15, -0.1) is 5.10 Å². The number of nitriles is 1. The maximum atomic E-state index is 13.7. The number of tetrazole rings is 1. The van der Waals surface area contributed by atoms with Crippen LogP contribution in [0.2, 0.25) is 5.02 Å². The van der Waals surface area contributed by atoms with Gasteiger partial charge in [0.1, 0.15) is 24.3 Å². The molecule has 53 heavy (non-hydrogen) atoms. The Morgan fingerprint density at radius 1 is 1.13 bits per heavy atom. The summed E-state index contributed by atoms with van der Waals surface area (Å²) in [6, 6.07) is 11.3. The highest BCUT2D eigenvalue weighted by Gasteiger charge is 2.26. The number of esters is 1. The van der Waals surface area contributed by atoms with E-state index < -0.39 is 24.0 Å². The zero-order valence-electron chi connectivity index (χ0n) is 28.8. The second-order valence-electron chi connectivity index (χ2n) is 12.3. The number of hydrogen-bond donors (Lipinski definition) is 4. The Labute approximate surface area is 309 Å². The number of H-pyrrole nitrogens is 1. The SMILES string of the molecule is COC(=O)Cc1ccc2c(c1)N[C@@H](C(=O)NCc1cnc(C)cn1)CCCC[C@H](NC(=O)/C=C/c1cc(Cl)ccc1-n1cnnn1)c1nc(C#N)c-2[nH]1. The second-order valence-corrected chi connectivity index (χ2v) is 12.7. The monoisotopic (exact) mass is 734 g/mol. The summed E-state index contributed by atoms with van der Waals surface area (Å²) in [4.78, 5) is 55.7. The van der Waals surface area contributed by atoms with E-state index in [0.717, 1.165) is 5.69 Å². The molecule has 2 aromatic carbocycles. The molecule has 0 saturated carbocycles. The van der Waals surface area contributed by atoms with Gasteiger partial charge in [0.05, 0.1) is 55.1 Å². The van der Waals surface area contributed by atoms with Gasteiger partial charge in [-0.2, -0.15) is 9.94 Å². The van der Waals surface area contributed by atoms with Gasteiger partial charge in [0, 0.05) is 34.1 Å². The highest BCUT2D eigenvalue weighted by Crippen LogP contribution is 2.34. The number of ether oxygens (including phenoxy) is 1. The van der Waals surface area contributed by atoms with Crippen LogP contribution >= 0.6 is 11.6 Å². The van der Waals surface area contributed by atoms with E-state index in [1.54, 1.807) is 54.9 Å². The van der Waals surface area contributed by atoms with Crippen molar-refractivity contribution in [1.29, 1.82) is 5.26 Å². The minimum atomic E-state index is -0.698. The lowest BCUT2D eigenvalue weighted by molar-refractivity contribution is -0.139. The number of carbonyl (C=O) groups excluding carboxylic acids is 3. The van der Waals surface area contributed by atoms with Gasteiger partial charge in [0.15, 0.2) is 5.69 Å². The number of aryl methyl sites for hydroxylation is 1. The van der Waals surface area contributed by atoms with Crippen LogP contribution in [0.3, 0.4) is 0 Å². The quantitative estimate of drug-likeness (QED) is 0.125. The average Bonchev–Trinajstić information content (AvgIpc) is 3.85. The van der Waals surface area contributed by atoms with Crippen molar-refractivity contribution in [2.45, 2.75) is 57.7 Å². The lowest BCUT2D eigenvalue weighted by atomic mass is 10.00. The smallest absolute Gasteiger partial charge is 0.309 e. The summed E-state index contributed by atoms with van der Waals surface area (Å²) in [5, 5.41) is 31.3. The predicted octanol–water partition coefficient (Wildman–Crippen LogP) is 3.93. The fourth-order valence-corrected chi connectivity index (χ4v) is 6.06. The third-order valence-corrected chi connectivity index (χ3v) is 8.80. The van der Waals surface area contributed by atoms with Crippen LogP contribution in [-0.4, -0.2) is 71.1 Å². The molecule has 2 atom stereocenters. The first-order chi connectivity index (χ1) is 25.7. The van der Waals surface area contributed by atoms with Gasteiger partial charge in [-0.05, 0) is 66.1 Å². The molecule has 270 valence electrons. The van der Waals surface area contributed by atoms with Crippen molar-refractivity contribution in [1.82, 2.24) is 50.8 Å².